The van der Waals surface area contributed by atoms with Crippen LogP contribution >= 0.6 is 0 Å². The van der Waals surface area contributed by atoms with E-state index in [-0.39, 0.29) is 0 Å². The highest BCUT2D eigenvalue weighted by molar-refractivity contribution is 6.13. The Hall–Kier alpha value is -6.07. The fourth-order valence-corrected chi connectivity index (χ4v) is 6.38. The van der Waals surface area contributed by atoms with Gasteiger partial charge in [-0.05, 0) is 76.9 Å². The predicted molar refractivity (Wildman–Crippen MR) is 179 cm³/mol. The van der Waals surface area contributed by atoms with Crippen molar-refractivity contribution in [2.24, 2.45) is 0 Å². The molecule has 0 bridgehead atoms. The molecule has 206 valence electrons. The Bertz CT molecular complexity index is 2280. The Labute approximate surface area is 253 Å². The summed E-state index contributed by atoms with van der Waals surface area (Å²) in [6, 6.07) is 48.8. The van der Waals surface area contributed by atoms with E-state index in [9.17, 15) is 0 Å². The monoisotopic (exact) mass is 563 g/mol. The van der Waals surface area contributed by atoms with Crippen LogP contribution in [0.25, 0.3) is 77.8 Å². The second kappa shape index (κ2) is 9.75. The van der Waals surface area contributed by atoms with E-state index in [0.29, 0.717) is 0 Å². The lowest BCUT2D eigenvalue weighted by Crippen LogP contribution is -1.96. The fraction of sp³-hybridized carbons (Fsp3) is 0. The molecule has 0 saturated heterocycles. The van der Waals surface area contributed by atoms with Crippen molar-refractivity contribution < 1.29 is 0 Å². The maximum Gasteiger partial charge on any atom is 0.116 e. The van der Waals surface area contributed by atoms with Gasteiger partial charge in [0, 0.05) is 23.8 Å². The highest BCUT2D eigenvalue weighted by Crippen LogP contribution is 2.37. The van der Waals surface area contributed by atoms with E-state index in [0.717, 1.165) is 55.5 Å². The molecular formula is C39H25N5. The van der Waals surface area contributed by atoms with E-state index in [2.05, 4.69) is 124 Å². The highest BCUT2D eigenvalue weighted by Gasteiger charge is 2.21. The van der Waals surface area contributed by atoms with Crippen LogP contribution in [0, 0.1) is 0 Å². The lowest BCUT2D eigenvalue weighted by molar-refractivity contribution is 1.16. The zero-order chi connectivity index (χ0) is 29.0. The minimum atomic E-state index is 0.865. The van der Waals surface area contributed by atoms with Gasteiger partial charge in [0.2, 0.25) is 0 Å². The predicted octanol–water partition coefficient (Wildman–Crippen LogP) is 9.40. The molecule has 0 aliphatic carbocycles. The number of aromatic nitrogens is 5. The minimum absolute atomic E-state index is 0.865. The summed E-state index contributed by atoms with van der Waals surface area (Å²) in [5.41, 5.74) is 14.4. The largest absolute Gasteiger partial charge is 0.306 e. The molecule has 4 aromatic carbocycles. The number of fused-ring (bicyclic) bond motifs is 6. The van der Waals surface area contributed by atoms with Crippen LogP contribution in [0.2, 0.25) is 0 Å². The van der Waals surface area contributed by atoms with E-state index in [1.807, 2.05) is 36.7 Å². The standard InChI is InChI=1S/C39H25N5/c1-3-9-26(10-4-1)28-15-19-30(20-16-28)43-32-13-7-23-40-36(32)38-34(43)25-35-39(42-38)37-33(14-8-24-41-37)44(35)31-21-17-29(18-22-31)27-11-5-2-6-12-27/h1-25H. The van der Waals surface area contributed by atoms with E-state index < -0.39 is 0 Å². The van der Waals surface area contributed by atoms with Gasteiger partial charge in [-0.15, -0.1) is 0 Å². The minimum Gasteiger partial charge on any atom is -0.306 e. The molecule has 0 saturated carbocycles. The maximum absolute atomic E-state index is 5.29. The van der Waals surface area contributed by atoms with Gasteiger partial charge < -0.3 is 9.13 Å². The third-order valence-electron chi connectivity index (χ3n) is 8.43. The third kappa shape index (κ3) is 3.76. The van der Waals surface area contributed by atoms with Crippen LogP contribution < -0.4 is 0 Å². The molecule has 0 radical (unpaired) electrons. The quantitative estimate of drug-likeness (QED) is 0.214. The summed E-state index contributed by atoms with van der Waals surface area (Å²) in [7, 11) is 0. The molecule has 0 spiro atoms. The van der Waals surface area contributed by atoms with Crippen LogP contribution in [-0.2, 0) is 0 Å². The van der Waals surface area contributed by atoms with Crippen LogP contribution in [-0.4, -0.2) is 24.1 Å². The van der Waals surface area contributed by atoms with Crippen molar-refractivity contribution in [3.63, 3.8) is 0 Å². The Balaban J connectivity index is 1.29. The highest BCUT2D eigenvalue weighted by atomic mass is 15.1. The summed E-state index contributed by atoms with van der Waals surface area (Å²) in [6.45, 7) is 0. The van der Waals surface area contributed by atoms with Crippen molar-refractivity contribution in [3.05, 3.63) is 152 Å². The molecule has 0 unspecified atom stereocenters. The zero-order valence-corrected chi connectivity index (χ0v) is 23.7. The number of benzene rings is 4. The molecule has 0 fully saturated rings. The number of pyridine rings is 3. The second-order valence-corrected chi connectivity index (χ2v) is 11.0. The van der Waals surface area contributed by atoms with Crippen LogP contribution in [0.4, 0.5) is 0 Å². The Morgan fingerprint density at radius 1 is 0.341 bits per heavy atom. The number of hydrogen-bond acceptors (Lipinski definition) is 3. The third-order valence-corrected chi connectivity index (χ3v) is 8.43. The molecule has 5 aromatic heterocycles. The molecule has 0 amide bonds. The van der Waals surface area contributed by atoms with Crippen molar-refractivity contribution in [2.45, 2.75) is 0 Å². The van der Waals surface area contributed by atoms with E-state index in [4.69, 9.17) is 15.0 Å². The van der Waals surface area contributed by atoms with Gasteiger partial charge in [-0.3, -0.25) is 9.97 Å². The first-order valence-corrected chi connectivity index (χ1v) is 14.7. The fourth-order valence-electron chi connectivity index (χ4n) is 6.38. The summed E-state index contributed by atoms with van der Waals surface area (Å²) < 4.78 is 4.54. The second-order valence-electron chi connectivity index (χ2n) is 11.0. The first kappa shape index (κ1) is 24.5. The molecule has 0 atom stereocenters. The van der Waals surface area contributed by atoms with Gasteiger partial charge in [-0.2, -0.15) is 0 Å². The number of rotatable bonds is 4. The maximum atomic E-state index is 5.29. The first-order valence-electron chi connectivity index (χ1n) is 14.7. The van der Waals surface area contributed by atoms with Gasteiger partial charge >= 0.3 is 0 Å². The number of hydrogen-bond donors (Lipinski definition) is 0. The van der Waals surface area contributed by atoms with Crippen molar-refractivity contribution >= 4 is 44.1 Å². The topological polar surface area (TPSA) is 48.5 Å². The molecule has 0 N–H and O–H groups in total. The van der Waals surface area contributed by atoms with Gasteiger partial charge in [0.25, 0.3) is 0 Å². The first-order chi connectivity index (χ1) is 21.8. The van der Waals surface area contributed by atoms with Gasteiger partial charge in [-0.25, -0.2) is 4.98 Å². The van der Waals surface area contributed by atoms with E-state index in [1.54, 1.807) is 0 Å². The van der Waals surface area contributed by atoms with Crippen molar-refractivity contribution in [1.82, 2.24) is 24.1 Å². The summed E-state index contributed by atoms with van der Waals surface area (Å²) >= 11 is 0. The molecule has 9 rings (SSSR count). The smallest absolute Gasteiger partial charge is 0.116 e. The van der Waals surface area contributed by atoms with Crippen LogP contribution in [0.15, 0.2) is 152 Å². The Kier molecular flexibility index (Phi) is 5.43. The zero-order valence-electron chi connectivity index (χ0n) is 23.7. The van der Waals surface area contributed by atoms with Gasteiger partial charge in [0.1, 0.15) is 22.1 Å². The van der Waals surface area contributed by atoms with Crippen LogP contribution in [0.1, 0.15) is 0 Å². The molecule has 0 aliphatic rings. The molecule has 0 aliphatic heterocycles. The summed E-state index contributed by atoms with van der Waals surface area (Å²) in [5.74, 6) is 0. The van der Waals surface area contributed by atoms with Crippen LogP contribution in [0.5, 0.6) is 0 Å². The van der Waals surface area contributed by atoms with Crippen LogP contribution in [0.3, 0.4) is 0 Å². The van der Waals surface area contributed by atoms with Gasteiger partial charge in [0.15, 0.2) is 0 Å². The normalized spacial score (nSPS) is 11.6. The average Bonchev–Trinajstić information content (AvgIpc) is 3.60. The SMILES string of the molecule is c1ccc(-c2ccc(-n3c4cccnc4c4nc5c6ncccc6n(-c6ccc(-c7ccccc7)cc6)c5cc43)cc2)cc1. The Morgan fingerprint density at radius 2 is 0.750 bits per heavy atom. The molecule has 9 aromatic rings. The van der Waals surface area contributed by atoms with E-state index >= 15 is 0 Å². The van der Waals surface area contributed by atoms with Crippen molar-refractivity contribution in [1.29, 1.82) is 0 Å². The molecule has 44 heavy (non-hydrogen) atoms. The summed E-state index contributed by atoms with van der Waals surface area (Å²) in [6.07, 6.45) is 3.68. The molecular weight excluding hydrogens is 538 g/mol. The van der Waals surface area contributed by atoms with E-state index in [1.165, 1.54) is 22.3 Å². The van der Waals surface area contributed by atoms with Gasteiger partial charge in [0.05, 0.1) is 22.1 Å². The summed E-state index contributed by atoms with van der Waals surface area (Å²) in [4.78, 5) is 14.9. The lowest BCUT2D eigenvalue weighted by Gasteiger charge is -2.11. The Morgan fingerprint density at radius 3 is 1.18 bits per heavy atom. The number of nitrogens with zero attached hydrogens (tertiary/aromatic N) is 5. The molecule has 5 nitrogen and oxygen atoms in total. The summed E-state index contributed by atoms with van der Waals surface area (Å²) in [5, 5.41) is 0. The average molecular weight is 564 g/mol. The molecule has 5 heteroatoms. The van der Waals surface area contributed by atoms with Gasteiger partial charge in [-0.1, -0.05) is 84.9 Å². The lowest BCUT2D eigenvalue weighted by atomic mass is 10.1. The molecule has 5 heterocycles. The van der Waals surface area contributed by atoms with Crippen molar-refractivity contribution in [3.8, 4) is 33.6 Å². The van der Waals surface area contributed by atoms with Crippen molar-refractivity contribution in [2.75, 3.05) is 0 Å².